The van der Waals surface area contributed by atoms with Gasteiger partial charge in [0.25, 0.3) is 0 Å². The van der Waals surface area contributed by atoms with Crippen molar-refractivity contribution in [3.63, 3.8) is 0 Å². The second-order valence-corrected chi connectivity index (χ2v) is 2.99. The predicted molar refractivity (Wildman–Crippen MR) is 53.5 cm³/mol. The third kappa shape index (κ3) is 2.51. The van der Waals surface area contributed by atoms with Crippen molar-refractivity contribution in [2.24, 2.45) is 5.73 Å². The van der Waals surface area contributed by atoms with Gasteiger partial charge in [0.2, 0.25) is 5.91 Å². The number of amides is 1. The molecule has 0 unspecified atom stereocenters. The minimum atomic E-state index is -0.527. The highest BCUT2D eigenvalue weighted by Crippen LogP contribution is 2.20. The number of hydrogen-bond acceptors (Lipinski definition) is 3. The molecule has 0 aliphatic carbocycles. The minimum Gasteiger partial charge on any atom is -0.325 e. The molecule has 0 fully saturated rings. The number of nitriles is 1. The first-order valence-corrected chi connectivity index (χ1v) is 4.28. The van der Waals surface area contributed by atoms with Gasteiger partial charge in [0.05, 0.1) is 18.2 Å². The maximum atomic E-state index is 13.2. The number of carbonyl (C=O) groups is 1. The van der Waals surface area contributed by atoms with E-state index in [1.54, 1.807) is 6.07 Å². The van der Waals surface area contributed by atoms with Crippen LogP contribution in [0.4, 0.5) is 10.1 Å². The van der Waals surface area contributed by atoms with E-state index < -0.39 is 11.7 Å². The third-order valence-electron chi connectivity index (χ3n) is 1.93. The number of rotatable bonds is 2. The second-order valence-electron chi connectivity index (χ2n) is 2.99. The molecule has 0 heterocycles. The van der Waals surface area contributed by atoms with Gasteiger partial charge in [0.15, 0.2) is 0 Å². The maximum Gasteiger partial charge on any atom is 0.238 e. The van der Waals surface area contributed by atoms with Crippen LogP contribution < -0.4 is 11.1 Å². The van der Waals surface area contributed by atoms with Gasteiger partial charge in [-0.3, -0.25) is 4.79 Å². The zero-order chi connectivity index (χ0) is 11.4. The van der Waals surface area contributed by atoms with Crippen molar-refractivity contribution in [1.82, 2.24) is 0 Å². The molecule has 4 nitrogen and oxygen atoms in total. The largest absolute Gasteiger partial charge is 0.325 e. The summed E-state index contributed by atoms with van der Waals surface area (Å²) in [5, 5.41) is 11.0. The zero-order valence-corrected chi connectivity index (χ0v) is 8.17. The van der Waals surface area contributed by atoms with E-state index in [-0.39, 0.29) is 23.4 Å². The third-order valence-corrected chi connectivity index (χ3v) is 1.93. The first-order valence-electron chi connectivity index (χ1n) is 4.28. The van der Waals surface area contributed by atoms with Crippen molar-refractivity contribution in [3.05, 3.63) is 29.1 Å². The topological polar surface area (TPSA) is 78.9 Å². The molecule has 1 aromatic rings. The average molecular weight is 207 g/mol. The Morgan fingerprint density at radius 2 is 2.33 bits per heavy atom. The van der Waals surface area contributed by atoms with Crippen LogP contribution in [-0.4, -0.2) is 12.5 Å². The van der Waals surface area contributed by atoms with E-state index in [9.17, 15) is 9.18 Å². The van der Waals surface area contributed by atoms with E-state index in [2.05, 4.69) is 5.32 Å². The number of halogens is 1. The second kappa shape index (κ2) is 4.53. The van der Waals surface area contributed by atoms with Gasteiger partial charge in [-0.25, -0.2) is 4.39 Å². The molecule has 1 rings (SSSR count). The zero-order valence-electron chi connectivity index (χ0n) is 8.17. The van der Waals surface area contributed by atoms with Crippen LogP contribution in [0, 0.1) is 24.1 Å². The van der Waals surface area contributed by atoms with E-state index in [1.807, 2.05) is 0 Å². The fraction of sp³-hybridized carbons (Fsp3) is 0.200. The van der Waals surface area contributed by atoms with Gasteiger partial charge in [0, 0.05) is 11.3 Å². The van der Waals surface area contributed by atoms with Gasteiger partial charge in [-0.05, 0) is 19.1 Å². The van der Waals surface area contributed by atoms with E-state index in [1.165, 1.54) is 13.0 Å². The Bertz CT molecular complexity index is 437. The summed E-state index contributed by atoms with van der Waals surface area (Å²) in [5.41, 5.74) is 5.83. The van der Waals surface area contributed by atoms with Crippen LogP contribution in [0.1, 0.15) is 11.1 Å². The van der Waals surface area contributed by atoms with Crippen molar-refractivity contribution in [2.45, 2.75) is 6.92 Å². The number of nitrogens with two attached hydrogens (primary N) is 1. The molecule has 0 radical (unpaired) electrons. The fourth-order valence-electron chi connectivity index (χ4n) is 1.07. The molecule has 0 atom stereocenters. The molecule has 0 aliphatic heterocycles. The summed E-state index contributed by atoms with van der Waals surface area (Å²) in [6.45, 7) is 1.33. The van der Waals surface area contributed by atoms with Gasteiger partial charge in [0.1, 0.15) is 5.82 Å². The molecule has 78 valence electrons. The van der Waals surface area contributed by atoms with Gasteiger partial charge in [-0.2, -0.15) is 5.26 Å². The van der Waals surface area contributed by atoms with Crippen molar-refractivity contribution in [2.75, 3.05) is 11.9 Å². The van der Waals surface area contributed by atoms with Crippen LogP contribution in [0.2, 0.25) is 0 Å². The Hall–Kier alpha value is -1.93. The van der Waals surface area contributed by atoms with Crippen molar-refractivity contribution >= 4 is 11.6 Å². The number of carbonyl (C=O) groups excluding carboxylic acids is 1. The average Bonchev–Trinajstić information content (AvgIpc) is 2.24. The summed E-state index contributed by atoms with van der Waals surface area (Å²) in [7, 11) is 0. The maximum absolute atomic E-state index is 13.2. The monoisotopic (exact) mass is 207 g/mol. The molecule has 0 saturated carbocycles. The summed E-state index contributed by atoms with van der Waals surface area (Å²) in [6.07, 6.45) is 0. The van der Waals surface area contributed by atoms with Gasteiger partial charge in [-0.15, -0.1) is 0 Å². The molecule has 0 aliphatic rings. The number of nitrogens with one attached hydrogen (secondary N) is 1. The molecule has 0 saturated heterocycles. The van der Waals surface area contributed by atoms with Crippen LogP contribution in [0.15, 0.2) is 12.1 Å². The Morgan fingerprint density at radius 1 is 1.67 bits per heavy atom. The summed E-state index contributed by atoms with van der Waals surface area (Å²) in [4.78, 5) is 11.0. The summed E-state index contributed by atoms with van der Waals surface area (Å²) < 4.78 is 13.2. The lowest BCUT2D eigenvalue weighted by atomic mass is 10.1. The van der Waals surface area contributed by atoms with Crippen molar-refractivity contribution in [1.29, 1.82) is 5.26 Å². The van der Waals surface area contributed by atoms with Crippen LogP contribution in [0.3, 0.4) is 0 Å². The molecule has 1 aromatic carbocycles. The lowest BCUT2D eigenvalue weighted by molar-refractivity contribution is -0.114. The van der Waals surface area contributed by atoms with E-state index in [0.29, 0.717) is 0 Å². The smallest absolute Gasteiger partial charge is 0.238 e. The summed E-state index contributed by atoms with van der Waals surface area (Å²) in [5.74, 6) is -0.950. The fourth-order valence-corrected chi connectivity index (χ4v) is 1.07. The molecule has 0 spiro atoms. The first kappa shape index (κ1) is 11.1. The predicted octanol–water partition coefficient (Wildman–Crippen LogP) is 0.903. The molecular formula is C10H10FN3O. The first-order chi connectivity index (χ1) is 7.08. The number of benzene rings is 1. The Kier molecular flexibility index (Phi) is 3.37. The number of hydrogen-bond donors (Lipinski definition) is 2. The normalized spacial score (nSPS) is 9.47. The van der Waals surface area contributed by atoms with Gasteiger partial charge in [-0.1, -0.05) is 0 Å². The molecule has 1 amide bonds. The van der Waals surface area contributed by atoms with E-state index in [0.717, 1.165) is 6.07 Å². The minimum absolute atomic E-state index is 0.158. The quantitative estimate of drug-likeness (QED) is 0.756. The van der Waals surface area contributed by atoms with Crippen LogP contribution >= 0.6 is 0 Å². The molecule has 0 aromatic heterocycles. The number of nitrogens with zero attached hydrogens (tertiary/aromatic N) is 1. The highest BCUT2D eigenvalue weighted by atomic mass is 19.1. The standard InChI is InChI=1S/C10H10FN3O/c1-6-8(11)2-7(4-12)3-9(6)14-10(15)5-13/h2-3H,5,13H2,1H3,(H,14,15). The van der Waals surface area contributed by atoms with E-state index in [4.69, 9.17) is 11.0 Å². The van der Waals surface area contributed by atoms with Crippen LogP contribution in [-0.2, 0) is 4.79 Å². The summed E-state index contributed by atoms with van der Waals surface area (Å²) in [6, 6.07) is 4.33. The van der Waals surface area contributed by atoms with Gasteiger partial charge >= 0.3 is 0 Å². The lowest BCUT2D eigenvalue weighted by Crippen LogP contribution is -2.22. The molecule has 0 bridgehead atoms. The lowest BCUT2D eigenvalue weighted by Gasteiger charge is -2.08. The summed E-state index contributed by atoms with van der Waals surface area (Å²) >= 11 is 0. The highest BCUT2D eigenvalue weighted by molar-refractivity contribution is 5.93. The van der Waals surface area contributed by atoms with Crippen LogP contribution in [0.5, 0.6) is 0 Å². The molecule has 15 heavy (non-hydrogen) atoms. The Labute approximate surface area is 86.5 Å². The van der Waals surface area contributed by atoms with Crippen LogP contribution in [0.25, 0.3) is 0 Å². The van der Waals surface area contributed by atoms with Crippen molar-refractivity contribution < 1.29 is 9.18 Å². The Morgan fingerprint density at radius 3 is 2.87 bits per heavy atom. The molecular weight excluding hydrogens is 197 g/mol. The molecule has 3 N–H and O–H groups in total. The number of anilines is 1. The van der Waals surface area contributed by atoms with E-state index >= 15 is 0 Å². The van der Waals surface area contributed by atoms with Crippen molar-refractivity contribution in [3.8, 4) is 6.07 Å². The van der Waals surface area contributed by atoms with Gasteiger partial charge < -0.3 is 11.1 Å². The highest BCUT2D eigenvalue weighted by Gasteiger charge is 2.08. The Balaban J connectivity index is 3.12. The molecule has 5 heteroatoms. The SMILES string of the molecule is Cc1c(F)cc(C#N)cc1NC(=O)CN.